The van der Waals surface area contributed by atoms with E-state index < -0.39 is 32.4 Å². The molecule has 0 amide bonds. The van der Waals surface area contributed by atoms with Gasteiger partial charge in [-0.15, -0.1) is 0 Å². The smallest absolute Gasteiger partial charge is 0.328 e. The van der Waals surface area contributed by atoms with Crippen molar-refractivity contribution in [1.29, 1.82) is 5.26 Å². The maximum Gasteiger partial charge on any atom is 0.328 e. The molecule has 7 heteroatoms. The Kier molecular flexibility index (Phi) is 4.00. The number of nitriles is 1. The summed E-state index contributed by atoms with van der Waals surface area (Å²) in [5.74, 6) is -1.52. The topological polar surface area (TPSA) is 84.2 Å². The highest BCUT2D eigenvalue weighted by atomic mass is 35.5. The summed E-state index contributed by atoms with van der Waals surface area (Å²) in [6, 6.07) is 8.33. The molecule has 112 valence electrons. The molecule has 3 atom stereocenters. The molecule has 0 saturated heterocycles. The molecule has 1 aliphatic carbocycles. The van der Waals surface area contributed by atoms with Crippen LogP contribution in [0.15, 0.2) is 24.3 Å². The van der Waals surface area contributed by atoms with Gasteiger partial charge in [-0.3, -0.25) is 4.79 Å². The predicted molar refractivity (Wildman–Crippen MR) is 77.5 cm³/mol. The zero-order valence-corrected chi connectivity index (χ0v) is 13.1. The molecule has 21 heavy (non-hydrogen) atoms. The van der Waals surface area contributed by atoms with Crippen LogP contribution < -0.4 is 0 Å². The van der Waals surface area contributed by atoms with Gasteiger partial charge in [-0.2, -0.15) is 5.26 Å². The van der Waals surface area contributed by atoms with E-state index >= 15 is 0 Å². The number of nitrogens with zero attached hydrogens (tertiary/aromatic N) is 1. The zero-order valence-electron chi connectivity index (χ0n) is 11.5. The van der Waals surface area contributed by atoms with Gasteiger partial charge in [-0.05, 0) is 24.6 Å². The van der Waals surface area contributed by atoms with Crippen LogP contribution >= 0.6 is 11.6 Å². The number of rotatable bonds is 4. The number of benzene rings is 1. The summed E-state index contributed by atoms with van der Waals surface area (Å²) in [4.78, 5) is 12.1. The molecule has 5 nitrogen and oxygen atoms in total. The third-order valence-electron chi connectivity index (χ3n) is 3.62. The minimum absolute atomic E-state index is 0.0894. The Hall–Kier alpha value is -1.58. The number of carbonyl (C=O) groups is 1. The van der Waals surface area contributed by atoms with Crippen molar-refractivity contribution in [3.8, 4) is 6.07 Å². The normalized spacial score (nSPS) is 27.7. The average Bonchev–Trinajstić information content (AvgIpc) is 3.10. The van der Waals surface area contributed by atoms with Crippen molar-refractivity contribution in [2.24, 2.45) is 5.41 Å². The maximum absolute atomic E-state index is 12.1. The van der Waals surface area contributed by atoms with Gasteiger partial charge < -0.3 is 4.74 Å². The van der Waals surface area contributed by atoms with Crippen molar-refractivity contribution in [3.05, 3.63) is 34.9 Å². The van der Waals surface area contributed by atoms with Crippen molar-refractivity contribution in [2.75, 3.05) is 12.9 Å². The van der Waals surface area contributed by atoms with Gasteiger partial charge in [0.25, 0.3) is 0 Å². The first kappa shape index (κ1) is 15.8. The lowest BCUT2D eigenvalue weighted by Crippen LogP contribution is -2.24. The monoisotopic (exact) mass is 327 g/mol. The molecule has 1 saturated carbocycles. The third-order valence-corrected chi connectivity index (χ3v) is 5.44. The van der Waals surface area contributed by atoms with Gasteiger partial charge in [0.2, 0.25) is 0 Å². The minimum Gasteiger partial charge on any atom is -0.465 e. The fourth-order valence-corrected chi connectivity index (χ4v) is 4.61. The van der Waals surface area contributed by atoms with Crippen molar-refractivity contribution in [1.82, 2.24) is 0 Å². The highest BCUT2D eigenvalue weighted by molar-refractivity contribution is 7.91. The Balaban J connectivity index is 2.50. The van der Waals surface area contributed by atoms with Crippen molar-refractivity contribution >= 4 is 27.4 Å². The number of hydrogen-bond acceptors (Lipinski definition) is 5. The lowest BCUT2D eigenvalue weighted by Gasteiger charge is -2.08. The van der Waals surface area contributed by atoms with E-state index in [4.69, 9.17) is 16.3 Å². The number of hydrogen-bond donors (Lipinski definition) is 0. The van der Waals surface area contributed by atoms with Crippen molar-refractivity contribution < 1.29 is 17.9 Å². The van der Waals surface area contributed by atoms with E-state index in [1.165, 1.54) is 0 Å². The number of sulfone groups is 1. The second-order valence-electron chi connectivity index (χ2n) is 4.98. The molecule has 0 bridgehead atoms. The molecule has 1 aromatic rings. The Morgan fingerprint density at radius 3 is 2.43 bits per heavy atom. The zero-order chi connectivity index (χ0) is 15.8. The Bertz CT molecular complexity index is 707. The second-order valence-corrected chi connectivity index (χ2v) is 7.58. The van der Waals surface area contributed by atoms with E-state index in [9.17, 15) is 18.5 Å². The number of carbonyl (C=O) groups excluding carboxylic acids is 1. The fraction of sp³-hybridized carbons (Fsp3) is 0.429. The molecule has 0 unspecified atom stereocenters. The predicted octanol–water partition coefficient (Wildman–Crippen LogP) is 1.92. The van der Waals surface area contributed by atoms with Crippen LogP contribution in [-0.4, -0.2) is 32.5 Å². The molecular weight excluding hydrogens is 314 g/mol. The molecule has 1 fully saturated rings. The molecule has 2 rings (SSSR count). The summed E-state index contributed by atoms with van der Waals surface area (Å²) < 4.78 is 28.8. The Labute approximate surface area is 128 Å². The standard InChI is InChI=1S/C14H14ClNO4S/c1-3-20-13(17)14(8-16)11(12(14)21(2,18)19)9-4-6-10(15)7-5-9/h4-7,11-12H,3H2,1-2H3/t11-,12-,14-/m0/s1. The Morgan fingerprint density at radius 1 is 1.43 bits per heavy atom. The lowest BCUT2D eigenvalue weighted by molar-refractivity contribution is -0.147. The SMILES string of the molecule is CCOC(=O)[C@@]1(C#N)[C@@H](c2ccc(Cl)cc2)[C@@H]1S(C)(=O)=O. The van der Waals surface area contributed by atoms with E-state index in [2.05, 4.69) is 0 Å². The average molecular weight is 328 g/mol. The summed E-state index contributed by atoms with van der Waals surface area (Å²) >= 11 is 5.81. The van der Waals surface area contributed by atoms with Gasteiger partial charge in [0.15, 0.2) is 15.3 Å². The molecule has 0 aromatic heterocycles. The minimum atomic E-state index is -3.58. The van der Waals surface area contributed by atoms with Crippen LogP contribution in [0.25, 0.3) is 0 Å². The van der Waals surface area contributed by atoms with Gasteiger partial charge in [0.05, 0.1) is 12.7 Å². The van der Waals surface area contributed by atoms with Gasteiger partial charge in [0, 0.05) is 17.2 Å². The third kappa shape index (κ3) is 2.52. The van der Waals surface area contributed by atoms with Crippen molar-refractivity contribution in [2.45, 2.75) is 18.1 Å². The fourth-order valence-electron chi connectivity index (χ4n) is 2.72. The summed E-state index contributed by atoms with van der Waals surface area (Å²) in [6.07, 6.45) is 1.03. The van der Waals surface area contributed by atoms with Gasteiger partial charge >= 0.3 is 5.97 Å². The van der Waals surface area contributed by atoms with Gasteiger partial charge in [-0.1, -0.05) is 23.7 Å². The van der Waals surface area contributed by atoms with Crippen LogP contribution in [-0.2, 0) is 19.4 Å². The molecular formula is C14H14ClNO4S. The summed E-state index contributed by atoms with van der Waals surface area (Å²) in [5, 5.41) is 8.84. The molecule has 1 aliphatic rings. The van der Waals surface area contributed by atoms with Crippen molar-refractivity contribution in [3.63, 3.8) is 0 Å². The van der Waals surface area contributed by atoms with E-state index in [0.29, 0.717) is 10.6 Å². The van der Waals surface area contributed by atoms with E-state index in [0.717, 1.165) is 6.26 Å². The van der Waals surface area contributed by atoms with Crippen LogP contribution in [0.4, 0.5) is 0 Å². The van der Waals surface area contributed by atoms with Crippen LogP contribution in [0.2, 0.25) is 5.02 Å². The van der Waals surface area contributed by atoms with Crippen LogP contribution in [0, 0.1) is 16.7 Å². The van der Waals surface area contributed by atoms with Gasteiger partial charge in [-0.25, -0.2) is 8.42 Å². The highest BCUT2D eigenvalue weighted by Gasteiger charge is 2.76. The molecule has 0 radical (unpaired) electrons. The van der Waals surface area contributed by atoms with E-state index in [-0.39, 0.29) is 6.61 Å². The lowest BCUT2D eigenvalue weighted by atomic mass is 10.0. The first-order valence-corrected chi connectivity index (χ1v) is 8.65. The second kappa shape index (κ2) is 5.32. The number of ether oxygens (including phenoxy) is 1. The molecule has 0 spiro atoms. The number of halogens is 1. The molecule has 0 aliphatic heterocycles. The first-order valence-electron chi connectivity index (χ1n) is 6.31. The van der Waals surface area contributed by atoms with Crippen LogP contribution in [0.5, 0.6) is 0 Å². The summed E-state index contributed by atoms with van der Waals surface area (Å²) in [6.45, 7) is 1.70. The molecule has 0 heterocycles. The first-order chi connectivity index (χ1) is 9.79. The molecule has 1 aromatic carbocycles. The molecule has 0 N–H and O–H groups in total. The Morgan fingerprint density at radius 2 is 2.00 bits per heavy atom. The maximum atomic E-state index is 12.1. The van der Waals surface area contributed by atoms with E-state index in [1.807, 2.05) is 6.07 Å². The summed E-state index contributed by atoms with van der Waals surface area (Å²) in [7, 11) is -3.58. The summed E-state index contributed by atoms with van der Waals surface area (Å²) in [5.41, 5.74) is -1.08. The largest absolute Gasteiger partial charge is 0.465 e. The highest BCUT2D eigenvalue weighted by Crippen LogP contribution is 2.63. The van der Waals surface area contributed by atoms with Crippen LogP contribution in [0.1, 0.15) is 18.4 Å². The van der Waals surface area contributed by atoms with E-state index in [1.54, 1.807) is 31.2 Å². The van der Waals surface area contributed by atoms with Gasteiger partial charge in [0.1, 0.15) is 5.25 Å². The number of esters is 1. The van der Waals surface area contributed by atoms with Crippen LogP contribution in [0.3, 0.4) is 0 Å². The quantitative estimate of drug-likeness (QED) is 0.789.